The highest BCUT2D eigenvalue weighted by molar-refractivity contribution is 7.89. The van der Waals surface area contributed by atoms with E-state index >= 15 is 0 Å². The van der Waals surface area contributed by atoms with Gasteiger partial charge in [0.1, 0.15) is 0 Å². The van der Waals surface area contributed by atoms with E-state index in [1.807, 2.05) is 6.92 Å². The molecule has 1 fully saturated rings. The molecule has 0 aromatic heterocycles. The molecule has 0 aliphatic carbocycles. The van der Waals surface area contributed by atoms with E-state index in [0.29, 0.717) is 13.2 Å². The molecule has 1 unspecified atom stereocenters. The smallest absolute Gasteiger partial charge is 0.241 e. The zero-order valence-corrected chi connectivity index (χ0v) is 12.9. The largest absolute Gasteiger partial charge is 0.380 e. The molecule has 21 heavy (non-hydrogen) atoms. The van der Waals surface area contributed by atoms with Gasteiger partial charge < -0.3 is 10.5 Å². The lowest BCUT2D eigenvalue weighted by Crippen LogP contribution is -2.51. The van der Waals surface area contributed by atoms with Gasteiger partial charge in [-0.3, -0.25) is 0 Å². The maximum atomic E-state index is 12.4. The molecular formula is C15H20N2O3S. The molecule has 1 aliphatic rings. The normalized spacial score (nSPS) is 22.4. The Balaban J connectivity index is 2.15. The van der Waals surface area contributed by atoms with Crippen LogP contribution in [-0.4, -0.2) is 33.7 Å². The Bertz CT molecular complexity index is 636. The zero-order valence-electron chi connectivity index (χ0n) is 12.1. The van der Waals surface area contributed by atoms with Crippen molar-refractivity contribution in [2.45, 2.75) is 30.2 Å². The average molecular weight is 308 g/mol. The Morgan fingerprint density at radius 2 is 2.10 bits per heavy atom. The first kappa shape index (κ1) is 16.0. The van der Waals surface area contributed by atoms with Crippen LogP contribution in [-0.2, 0) is 14.8 Å². The van der Waals surface area contributed by atoms with Gasteiger partial charge in [-0.15, -0.1) is 0 Å². The van der Waals surface area contributed by atoms with Crippen LogP contribution >= 0.6 is 0 Å². The maximum Gasteiger partial charge on any atom is 0.241 e. The summed E-state index contributed by atoms with van der Waals surface area (Å²) in [5, 5.41) is 0. The molecule has 0 spiro atoms. The minimum absolute atomic E-state index is 0.229. The minimum Gasteiger partial charge on any atom is -0.380 e. The Morgan fingerprint density at radius 3 is 2.67 bits per heavy atom. The van der Waals surface area contributed by atoms with E-state index < -0.39 is 15.6 Å². The summed E-state index contributed by atoms with van der Waals surface area (Å²) in [6.07, 6.45) is 1.62. The molecule has 0 saturated carbocycles. The first-order valence-corrected chi connectivity index (χ1v) is 8.34. The van der Waals surface area contributed by atoms with Crippen molar-refractivity contribution in [1.29, 1.82) is 0 Å². The van der Waals surface area contributed by atoms with Gasteiger partial charge in [0.25, 0.3) is 0 Å². The second-order valence-corrected chi connectivity index (χ2v) is 7.03. The lowest BCUT2D eigenvalue weighted by molar-refractivity contribution is 0.0386. The van der Waals surface area contributed by atoms with E-state index in [4.69, 9.17) is 10.5 Å². The lowest BCUT2D eigenvalue weighted by atomic mass is 9.97. The Morgan fingerprint density at radius 1 is 1.38 bits per heavy atom. The van der Waals surface area contributed by atoms with Crippen molar-refractivity contribution in [3.63, 3.8) is 0 Å². The number of sulfonamides is 1. The first-order chi connectivity index (χ1) is 9.95. The van der Waals surface area contributed by atoms with Crippen LogP contribution in [0.5, 0.6) is 0 Å². The fourth-order valence-corrected chi connectivity index (χ4v) is 3.69. The molecule has 0 radical (unpaired) electrons. The topological polar surface area (TPSA) is 81.4 Å². The van der Waals surface area contributed by atoms with Crippen LogP contribution in [0.2, 0.25) is 0 Å². The van der Waals surface area contributed by atoms with Crippen molar-refractivity contribution >= 4 is 10.0 Å². The van der Waals surface area contributed by atoms with Crippen molar-refractivity contribution < 1.29 is 13.2 Å². The first-order valence-electron chi connectivity index (χ1n) is 6.86. The molecule has 114 valence electrons. The summed E-state index contributed by atoms with van der Waals surface area (Å²) < 4.78 is 32.9. The average Bonchev–Trinajstić information content (AvgIpc) is 2.45. The molecule has 1 heterocycles. The standard InChI is InChI=1S/C15H20N2O3S/c1-15(9-3-11-20-12-15)17-21(18,19)14-7-5-13(6-8-14)4-2-10-16/h5-8,17H,3,9-12,16H2,1H3. The van der Waals surface area contributed by atoms with Gasteiger partial charge >= 0.3 is 0 Å². The predicted molar refractivity (Wildman–Crippen MR) is 81.2 cm³/mol. The van der Waals surface area contributed by atoms with Gasteiger partial charge in [-0.1, -0.05) is 11.8 Å². The fourth-order valence-electron chi connectivity index (χ4n) is 2.27. The van der Waals surface area contributed by atoms with Crippen LogP contribution in [0.3, 0.4) is 0 Å². The van der Waals surface area contributed by atoms with Gasteiger partial charge in [0, 0.05) is 12.2 Å². The molecule has 1 aromatic carbocycles. The van der Waals surface area contributed by atoms with Crippen molar-refractivity contribution in [3.8, 4) is 11.8 Å². The van der Waals surface area contributed by atoms with Crippen LogP contribution in [0.4, 0.5) is 0 Å². The van der Waals surface area contributed by atoms with Crippen LogP contribution in [0.1, 0.15) is 25.3 Å². The van der Waals surface area contributed by atoms with Crippen LogP contribution < -0.4 is 10.5 Å². The summed E-state index contributed by atoms with van der Waals surface area (Å²) in [6.45, 7) is 3.23. The number of nitrogens with two attached hydrogens (primary N) is 1. The van der Waals surface area contributed by atoms with E-state index in [1.165, 1.54) is 0 Å². The van der Waals surface area contributed by atoms with Gasteiger partial charge in [0.2, 0.25) is 10.0 Å². The quantitative estimate of drug-likeness (QED) is 0.811. The highest BCUT2D eigenvalue weighted by Crippen LogP contribution is 2.21. The molecule has 0 amide bonds. The minimum atomic E-state index is -3.56. The third-order valence-electron chi connectivity index (χ3n) is 3.32. The van der Waals surface area contributed by atoms with Crippen molar-refractivity contribution in [3.05, 3.63) is 29.8 Å². The summed E-state index contributed by atoms with van der Waals surface area (Å²) in [6, 6.07) is 6.46. The van der Waals surface area contributed by atoms with Gasteiger partial charge in [-0.25, -0.2) is 13.1 Å². The van der Waals surface area contributed by atoms with Crippen LogP contribution in [0.15, 0.2) is 29.2 Å². The Kier molecular flexibility index (Phi) is 5.01. The number of hydrogen-bond donors (Lipinski definition) is 2. The Hall–Kier alpha value is -1.39. The van der Waals surface area contributed by atoms with E-state index in [9.17, 15) is 8.42 Å². The van der Waals surface area contributed by atoms with E-state index in [-0.39, 0.29) is 11.4 Å². The number of hydrogen-bond acceptors (Lipinski definition) is 4. The monoisotopic (exact) mass is 308 g/mol. The molecule has 3 N–H and O–H groups in total. The summed E-state index contributed by atoms with van der Waals surface area (Å²) >= 11 is 0. The molecule has 6 heteroatoms. The second-order valence-electron chi connectivity index (χ2n) is 5.35. The SMILES string of the molecule is CC1(NS(=O)(=O)c2ccc(C#CCN)cc2)CCCOC1. The van der Waals surface area contributed by atoms with Crippen LogP contribution in [0.25, 0.3) is 0 Å². The highest BCUT2D eigenvalue weighted by atomic mass is 32.2. The third kappa shape index (κ3) is 4.29. The molecule has 1 atom stereocenters. The molecule has 5 nitrogen and oxygen atoms in total. The zero-order chi connectivity index (χ0) is 15.3. The number of rotatable bonds is 3. The van der Waals surface area contributed by atoms with Gasteiger partial charge in [-0.2, -0.15) is 0 Å². The van der Waals surface area contributed by atoms with E-state index in [2.05, 4.69) is 16.6 Å². The maximum absolute atomic E-state index is 12.4. The van der Waals surface area contributed by atoms with E-state index in [0.717, 1.165) is 18.4 Å². The highest BCUT2D eigenvalue weighted by Gasteiger charge is 2.32. The molecular weight excluding hydrogens is 288 g/mol. The molecule has 0 bridgehead atoms. The number of benzene rings is 1. The van der Waals surface area contributed by atoms with Crippen LogP contribution in [0, 0.1) is 11.8 Å². The summed E-state index contributed by atoms with van der Waals surface area (Å²) in [7, 11) is -3.56. The van der Waals surface area contributed by atoms with Crippen molar-refractivity contribution in [2.24, 2.45) is 5.73 Å². The number of ether oxygens (including phenoxy) is 1. The van der Waals surface area contributed by atoms with E-state index in [1.54, 1.807) is 24.3 Å². The summed E-state index contributed by atoms with van der Waals surface area (Å²) in [5.41, 5.74) is 5.50. The Labute approximate surface area is 125 Å². The third-order valence-corrected chi connectivity index (χ3v) is 4.97. The molecule has 2 rings (SSSR count). The second kappa shape index (κ2) is 6.58. The van der Waals surface area contributed by atoms with Gasteiger partial charge in [-0.05, 0) is 44.0 Å². The molecule has 1 aromatic rings. The van der Waals surface area contributed by atoms with Gasteiger partial charge in [0.15, 0.2) is 0 Å². The summed E-state index contributed by atoms with van der Waals surface area (Å²) in [4.78, 5) is 0.229. The lowest BCUT2D eigenvalue weighted by Gasteiger charge is -2.33. The van der Waals surface area contributed by atoms with Crippen molar-refractivity contribution in [2.75, 3.05) is 19.8 Å². The fraction of sp³-hybridized carbons (Fsp3) is 0.467. The van der Waals surface area contributed by atoms with Gasteiger partial charge in [0.05, 0.1) is 23.6 Å². The molecule has 1 aliphatic heterocycles. The van der Waals surface area contributed by atoms with Crippen molar-refractivity contribution in [1.82, 2.24) is 4.72 Å². The predicted octanol–water partition coefficient (Wildman–Crippen LogP) is 0.844. The molecule has 1 saturated heterocycles. The summed E-state index contributed by atoms with van der Waals surface area (Å²) in [5.74, 6) is 5.59. The number of nitrogens with one attached hydrogen (secondary N) is 1.